The molecule has 1 rings (SSSR count). The van der Waals surface area contributed by atoms with Crippen molar-refractivity contribution in [3.05, 3.63) is 35.6 Å². The van der Waals surface area contributed by atoms with Crippen LogP contribution in [0.15, 0.2) is 24.3 Å². The van der Waals surface area contributed by atoms with Crippen molar-refractivity contribution in [2.75, 3.05) is 13.6 Å². The highest BCUT2D eigenvalue weighted by molar-refractivity contribution is 5.96. The average molecular weight is 267 g/mol. The highest BCUT2D eigenvalue weighted by atomic mass is 19.1. The van der Waals surface area contributed by atoms with E-state index in [1.54, 1.807) is 25.1 Å². The van der Waals surface area contributed by atoms with Crippen molar-refractivity contribution >= 4 is 11.9 Å². The van der Waals surface area contributed by atoms with Gasteiger partial charge in [-0.2, -0.15) is 0 Å². The molecule has 0 spiro atoms. The number of hydrogen-bond donors (Lipinski definition) is 3. The number of carbonyl (C=O) groups is 2. The molecule has 19 heavy (non-hydrogen) atoms. The number of benzene rings is 1. The summed E-state index contributed by atoms with van der Waals surface area (Å²) in [5, 5.41) is 7.38. The zero-order valence-electron chi connectivity index (χ0n) is 11.0. The third kappa shape index (κ3) is 5.05. The third-order valence-corrected chi connectivity index (χ3v) is 2.66. The molecule has 1 unspecified atom stereocenters. The van der Waals surface area contributed by atoms with Gasteiger partial charge in [0, 0.05) is 13.6 Å². The fourth-order valence-corrected chi connectivity index (χ4v) is 1.50. The van der Waals surface area contributed by atoms with Gasteiger partial charge in [-0.3, -0.25) is 10.1 Å². The molecule has 1 aromatic rings. The summed E-state index contributed by atoms with van der Waals surface area (Å²) >= 11 is 0. The van der Waals surface area contributed by atoms with E-state index >= 15 is 0 Å². The topological polar surface area (TPSA) is 70.2 Å². The number of amides is 3. The van der Waals surface area contributed by atoms with Crippen molar-refractivity contribution in [1.29, 1.82) is 0 Å². The van der Waals surface area contributed by atoms with Gasteiger partial charge in [0.15, 0.2) is 0 Å². The molecule has 0 aliphatic heterocycles. The van der Waals surface area contributed by atoms with Crippen molar-refractivity contribution < 1.29 is 14.0 Å². The predicted octanol–water partition coefficient (Wildman–Crippen LogP) is 0.802. The van der Waals surface area contributed by atoms with Gasteiger partial charge in [-0.25, -0.2) is 9.18 Å². The van der Waals surface area contributed by atoms with Gasteiger partial charge in [0.05, 0.1) is 6.04 Å². The minimum absolute atomic E-state index is 0.258. The average Bonchev–Trinajstić information content (AvgIpc) is 2.40. The summed E-state index contributed by atoms with van der Waals surface area (Å²) in [4.78, 5) is 22.5. The van der Waals surface area contributed by atoms with E-state index in [1.165, 1.54) is 13.1 Å². The molecule has 0 aliphatic rings. The Morgan fingerprint density at radius 1 is 1.32 bits per heavy atom. The molecule has 0 fully saturated rings. The van der Waals surface area contributed by atoms with E-state index < -0.39 is 18.0 Å². The highest BCUT2D eigenvalue weighted by Gasteiger charge is 2.14. The Morgan fingerprint density at radius 3 is 2.63 bits per heavy atom. The third-order valence-electron chi connectivity index (χ3n) is 2.66. The minimum atomic E-state index is -0.548. The van der Waals surface area contributed by atoms with E-state index in [0.29, 0.717) is 18.5 Å². The van der Waals surface area contributed by atoms with Gasteiger partial charge in [0.2, 0.25) is 5.91 Å². The van der Waals surface area contributed by atoms with Gasteiger partial charge in [-0.1, -0.05) is 18.2 Å². The first kappa shape index (κ1) is 15.1. The Kier molecular flexibility index (Phi) is 5.95. The number of nitrogens with one attached hydrogen (secondary N) is 3. The SMILES string of the molecule is CNC(=O)NC(=O)C(C)NCCc1ccccc1F. The summed E-state index contributed by atoms with van der Waals surface area (Å²) in [5.41, 5.74) is 0.592. The number of imide groups is 1. The van der Waals surface area contributed by atoms with Crippen molar-refractivity contribution in [3.63, 3.8) is 0 Å². The second-order valence-corrected chi connectivity index (χ2v) is 4.09. The summed E-state index contributed by atoms with van der Waals surface area (Å²) in [6, 6.07) is 5.42. The van der Waals surface area contributed by atoms with Gasteiger partial charge in [0.1, 0.15) is 5.82 Å². The Hall–Kier alpha value is -1.95. The van der Waals surface area contributed by atoms with E-state index in [2.05, 4.69) is 16.0 Å². The lowest BCUT2D eigenvalue weighted by Crippen LogP contribution is -2.47. The molecule has 1 aromatic carbocycles. The fraction of sp³-hybridized carbons (Fsp3) is 0.385. The second kappa shape index (κ2) is 7.48. The van der Waals surface area contributed by atoms with Crippen molar-refractivity contribution in [2.45, 2.75) is 19.4 Å². The lowest BCUT2D eigenvalue weighted by atomic mass is 10.1. The Morgan fingerprint density at radius 2 is 2.00 bits per heavy atom. The molecule has 0 saturated carbocycles. The van der Waals surface area contributed by atoms with Crippen molar-refractivity contribution in [3.8, 4) is 0 Å². The summed E-state index contributed by atoms with van der Waals surface area (Å²) < 4.78 is 13.3. The van der Waals surface area contributed by atoms with E-state index in [4.69, 9.17) is 0 Å². The van der Waals surface area contributed by atoms with Gasteiger partial charge in [-0.05, 0) is 25.0 Å². The second-order valence-electron chi connectivity index (χ2n) is 4.09. The van der Waals surface area contributed by atoms with Crippen LogP contribution in [-0.2, 0) is 11.2 Å². The number of hydrogen-bond acceptors (Lipinski definition) is 3. The highest BCUT2D eigenvalue weighted by Crippen LogP contribution is 2.06. The molecule has 0 aromatic heterocycles. The number of carbonyl (C=O) groups excluding carboxylic acids is 2. The predicted molar refractivity (Wildman–Crippen MR) is 70.2 cm³/mol. The molecule has 0 saturated heterocycles. The maximum Gasteiger partial charge on any atom is 0.321 e. The Labute approximate surface area is 111 Å². The van der Waals surface area contributed by atoms with Crippen LogP contribution < -0.4 is 16.0 Å². The normalized spacial score (nSPS) is 11.7. The van der Waals surface area contributed by atoms with Crippen LogP contribution in [0.2, 0.25) is 0 Å². The van der Waals surface area contributed by atoms with Crippen LogP contribution in [-0.4, -0.2) is 31.6 Å². The largest absolute Gasteiger partial charge is 0.341 e. The summed E-state index contributed by atoms with van der Waals surface area (Å²) in [6.07, 6.45) is 0.476. The van der Waals surface area contributed by atoms with Crippen molar-refractivity contribution in [2.24, 2.45) is 0 Å². The van der Waals surface area contributed by atoms with Crippen LogP contribution in [0.5, 0.6) is 0 Å². The number of rotatable bonds is 5. The molecule has 0 radical (unpaired) electrons. The van der Waals surface area contributed by atoms with Crippen LogP contribution in [0, 0.1) is 5.82 Å². The zero-order valence-corrected chi connectivity index (χ0v) is 11.0. The van der Waals surface area contributed by atoms with E-state index in [9.17, 15) is 14.0 Å². The first-order chi connectivity index (χ1) is 9.04. The Balaban J connectivity index is 2.35. The number of urea groups is 1. The first-order valence-electron chi connectivity index (χ1n) is 6.04. The molecule has 0 aliphatic carbocycles. The summed E-state index contributed by atoms with van der Waals surface area (Å²) in [5.74, 6) is -0.681. The zero-order chi connectivity index (χ0) is 14.3. The minimum Gasteiger partial charge on any atom is -0.341 e. The van der Waals surface area contributed by atoms with Gasteiger partial charge < -0.3 is 10.6 Å². The van der Waals surface area contributed by atoms with Crippen LogP contribution in [0.25, 0.3) is 0 Å². The van der Waals surface area contributed by atoms with Crippen LogP contribution in [0.3, 0.4) is 0 Å². The quantitative estimate of drug-likeness (QED) is 0.739. The van der Waals surface area contributed by atoms with E-state index in [-0.39, 0.29) is 5.82 Å². The monoisotopic (exact) mass is 267 g/mol. The van der Waals surface area contributed by atoms with Gasteiger partial charge in [0.25, 0.3) is 0 Å². The van der Waals surface area contributed by atoms with Gasteiger partial charge >= 0.3 is 6.03 Å². The molecule has 1 atom stereocenters. The molecular formula is C13H18FN3O2. The van der Waals surface area contributed by atoms with Crippen molar-refractivity contribution in [1.82, 2.24) is 16.0 Å². The summed E-state index contributed by atoms with van der Waals surface area (Å²) in [7, 11) is 1.43. The molecule has 6 heteroatoms. The molecule has 104 valence electrons. The smallest absolute Gasteiger partial charge is 0.321 e. The molecule has 3 N–H and O–H groups in total. The molecule has 3 amide bonds. The lowest BCUT2D eigenvalue weighted by Gasteiger charge is -2.13. The summed E-state index contributed by atoms with van der Waals surface area (Å²) in [6.45, 7) is 2.09. The maximum atomic E-state index is 13.3. The van der Waals surface area contributed by atoms with Gasteiger partial charge in [-0.15, -0.1) is 0 Å². The Bertz CT molecular complexity index is 451. The van der Waals surface area contributed by atoms with E-state index in [0.717, 1.165) is 0 Å². The molecule has 0 heterocycles. The van der Waals surface area contributed by atoms with Crippen LogP contribution >= 0.6 is 0 Å². The maximum absolute atomic E-state index is 13.3. The molecular weight excluding hydrogens is 249 g/mol. The standard InChI is InChI=1S/C13H18FN3O2/c1-9(12(18)17-13(19)15-2)16-8-7-10-5-3-4-6-11(10)14/h3-6,9,16H,7-8H2,1-2H3,(H2,15,17,18,19). The fourth-order valence-electron chi connectivity index (χ4n) is 1.50. The van der Waals surface area contributed by atoms with Crippen LogP contribution in [0.4, 0.5) is 9.18 Å². The van der Waals surface area contributed by atoms with E-state index in [1.807, 2.05) is 0 Å². The molecule has 5 nitrogen and oxygen atoms in total. The lowest BCUT2D eigenvalue weighted by molar-refractivity contribution is -0.121. The first-order valence-corrected chi connectivity index (χ1v) is 6.04. The van der Waals surface area contributed by atoms with Crippen LogP contribution in [0.1, 0.15) is 12.5 Å². The molecule has 0 bridgehead atoms. The number of halogens is 1.